The van der Waals surface area contributed by atoms with E-state index in [1.54, 1.807) is 12.1 Å². The van der Waals surface area contributed by atoms with Gasteiger partial charge < -0.3 is 4.55 Å². The van der Waals surface area contributed by atoms with Crippen LogP contribution < -0.4 is 4.48 Å². The Morgan fingerprint density at radius 3 is 2.21 bits per heavy atom. The summed E-state index contributed by atoms with van der Waals surface area (Å²) in [6.07, 6.45) is 0. The van der Waals surface area contributed by atoms with Gasteiger partial charge in [-0.1, -0.05) is 6.07 Å². The molecule has 5 heteroatoms. The molecule has 1 rings (SSSR count). The summed E-state index contributed by atoms with van der Waals surface area (Å²) in [4.78, 5) is -0.178. The summed E-state index contributed by atoms with van der Waals surface area (Å²) in [5.74, 6) is 0. The molecule has 0 amide bonds. The molecule has 1 aromatic carbocycles. The van der Waals surface area contributed by atoms with Crippen molar-refractivity contribution in [1.29, 1.82) is 0 Å². The smallest absolute Gasteiger partial charge is 0.133 e. The molecule has 78 valence electrons. The second-order valence-corrected chi connectivity index (χ2v) is 5.34. The van der Waals surface area contributed by atoms with Crippen LogP contribution in [0.3, 0.4) is 0 Å². The first-order chi connectivity index (χ1) is 6.21. The van der Waals surface area contributed by atoms with Crippen LogP contribution in [0, 0.1) is 0 Å². The van der Waals surface area contributed by atoms with Crippen molar-refractivity contribution in [2.45, 2.75) is 4.90 Å². The molecule has 4 nitrogen and oxygen atoms in total. The predicted octanol–water partition coefficient (Wildman–Crippen LogP) is 0.787. The van der Waals surface area contributed by atoms with E-state index in [0.717, 1.165) is 5.69 Å². The van der Waals surface area contributed by atoms with Crippen LogP contribution in [0.2, 0.25) is 0 Å². The van der Waals surface area contributed by atoms with Crippen molar-refractivity contribution in [3.63, 3.8) is 0 Å². The van der Waals surface area contributed by atoms with Crippen LogP contribution in [-0.4, -0.2) is 34.1 Å². The summed E-state index contributed by atoms with van der Waals surface area (Å²) >= 11 is 0. The largest absolute Gasteiger partial charge is 0.744 e. The monoisotopic (exact) mass is 215 g/mol. The third-order valence-corrected chi connectivity index (χ3v) is 2.71. The normalized spacial score (nSPS) is 12.9. The maximum atomic E-state index is 10.7. The van der Waals surface area contributed by atoms with Crippen LogP contribution in [-0.2, 0) is 10.1 Å². The number of rotatable bonds is 2. The van der Waals surface area contributed by atoms with Crippen LogP contribution in [0.5, 0.6) is 0 Å². The fourth-order valence-electron chi connectivity index (χ4n) is 1.06. The SMILES string of the molecule is C[N+](C)(C)c1cccc(S(=O)(=O)[O-])c1. The summed E-state index contributed by atoms with van der Waals surface area (Å²) < 4.78 is 32.7. The van der Waals surface area contributed by atoms with Crippen molar-refractivity contribution >= 4 is 15.8 Å². The average molecular weight is 215 g/mol. The molecule has 0 aliphatic carbocycles. The van der Waals surface area contributed by atoms with Gasteiger partial charge in [0.2, 0.25) is 0 Å². The first-order valence-electron chi connectivity index (χ1n) is 4.09. The minimum absolute atomic E-state index is 0.178. The zero-order valence-electron chi connectivity index (χ0n) is 8.39. The van der Waals surface area contributed by atoms with E-state index in [1.165, 1.54) is 12.1 Å². The fourth-order valence-corrected chi connectivity index (χ4v) is 1.57. The molecule has 0 radical (unpaired) electrons. The molecule has 1 aromatic rings. The minimum atomic E-state index is -4.35. The summed E-state index contributed by atoms with van der Waals surface area (Å²) in [6.45, 7) is 0. The van der Waals surface area contributed by atoms with Crippen molar-refractivity contribution in [3.05, 3.63) is 24.3 Å². The molecule has 0 heterocycles. The van der Waals surface area contributed by atoms with Crippen LogP contribution in [0.25, 0.3) is 0 Å². The van der Waals surface area contributed by atoms with Gasteiger partial charge in [0.15, 0.2) is 0 Å². The maximum Gasteiger partial charge on any atom is 0.133 e. The summed E-state index contributed by atoms with van der Waals surface area (Å²) in [5, 5.41) is 0. The Kier molecular flexibility index (Phi) is 2.67. The lowest BCUT2D eigenvalue weighted by molar-refractivity contribution is 0.461. The summed E-state index contributed by atoms with van der Waals surface area (Å²) in [7, 11) is 1.35. The standard InChI is InChI=1S/C9H13NO3S/c1-10(2,3)8-5-4-6-9(7-8)14(11,12)13/h4-7H,1-3H3. The van der Waals surface area contributed by atoms with Gasteiger partial charge in [0.1, 0.15) is 15.8 Å². The highest BCUT2D eigenvalue weighted by Gasteiger charge is 2.13. The molecule has 0 aliphatic heterocycles. The van der Waals surface area contributed by atoms with Crippen molar-refractivity contribution in [2.24, 2.45) is 0 Å². The molecular weight excluding hydrogens is 202 g/mol. The van der Waals surface area contributed by atoms with Gasteiger partial charge in [-0.25, -0.2) is 8.42 Å². The highest BCUT2D eigenvalue weighted by atomic mass is 32.2. The van der Waals surface area contributed by atoms with E-state index in [4.69, 9.17) is 0 Å². The van der Waals surface area contributed by atoms with Crippen molar-refractivity contribution < 1.29 is 13.0 Å². The summed E-state index contributed by atoms with van der Waals surface area (Å²) in [5.41, 5.74) is 0.780. The van der Waals surface area contributed by atoms with E-state index >= 15 is 0 Å². The second kappa shape index (κ2) is 3.34. The molecule has 0 fully saturated rings. The number of hydrogen-bond donors (Lipinski definition) is 0. The van der Waals surface area contributed by atoms with Crippen molar-refractivity contribution in [3.8, 4) is 0 Å². The van der Waals surface area contributed by atoms with Gasteiger partial charge in [0.25, 0.3) is 0 Å². The van der Waals surface area contributed by atoms with Crippen LogP contribution in [0.15, 0.2) is 29.2 Å². The Bertz CT molecular complexity index is 432. The number of quaternary nitrogens is 1. The molecule has 0 spiro atoms. The molecule has 0 aliphatic rings. The fraction of sp³-hybridized carbons (Fsp3) is 0.333. The number of hydrogen-bond acceptors (Lipinski definition) is 3. The second-order valence-electron chi connectivity index (χ2n) is 3.96. The lowest BCUT2D eigenvalue weighted by Gasteiger charge is -2.24. The molecule has 0 aromatic heterocycles. The van der Waals surface area contributed by atoms with E-state index < -0.39 is 10.1 Å². The molecule has 0 atom stereocenters. The molecule has 14 heavy (non-hydrogen) atoms. The average Bonchev–Trinajstić information content (AvgIpc) is 2.01. The molecule has 0 unspecified atom stereocenters. The Balaban J connectivity index is 3.29. The zero-order valence-corrected chi connectivity index (χ0v) is 9.21. The molecule has 0 N–H and O–H groups in total. The van der Waals surface area contributed by atoms with Crippen molar-refractivity contribution in [1.82, 2.24) is 4.48 Å². The third-order valence-electron chi connectivity index (χ3n) is 1.88. The first-order valence-corrected chi connectivity index (χ1v) is 5.50. The Labute approximate surface area is 84.1 Å². The van der Waals surface area contributed by atoms with E-state index in [-0.39, 0.29) is 4.90 Å². The lowest BCUT2D eigenvalue weighted by Crippen LogP contribution is -2.34. The van der Waals surface area contributed by atoms with Gasteiger partial charge >= 0.3 is 0 Å². The van der Waals surface area contributed by atoms with Gasteiger partial charge in [0, 0.05) is 6.07 Å². The molecule has 0 bridgehead atoms. The zero-order chi connectivity index (χ0) is 11.0. The van der Waals surface area contributed by atoms with E-state index in [9.17, 15) is 13.0 Å². The van der Waals surface area contributed by atoms with Gasteiger partial charge in [0.05, 0.1) is 26.0 Å². The number of benzene rings is 1. The minimum Gasteiger partial charge on any atom is -0.744 e. The van der Waals surface area contributed by atoms with E-state index in [0.29, 0.717) is 4.48 Å². The van der Waals surface area contributed by atoms with Gasteiger partial charge in [-0.15, -0.1) is 0 Å². The van der Waals surface area contributed by atoms with Crippen LogP contribution in [0.4, 0.5) is 5.69 Å². The summed E-state index contributed by atoms with van der Waals surface area (Å²) in [6, 6.07) is 6.07. The lowest BCUT2D eigenvalue weighted by atomic mass is 10.3. The topological polar surface area (TPSA) is 57.2 Å². The van der Waals surface area contributed by atoms with Gasteiger partial charge in [-0.05, 0) is 12.1 Å². The van der Waals surface area contributed by atoms with Crippen LogP contribution >= 0.6 is 0 Å². The molecule has 0 saturated carbocycles. The van der Waals surface area contributed by atoms with Gasteiger partial charge in [-0.3, -0.25) is 4.48 Å². The van der Waals surface area contributed by atoms with Crippen LogP contribution in [0.1, 0.15) is 0 Å². The Morgan fingerprint density at radius 2 is 1.79 bits per heavy atom. The third kappa shape index (κ3) is 2.54. The Hall–Kier alpha value is -0.910. The highest BCUT2D eigenvalue weighted by Crippen LogP contribution is 2.20. The van der Waals surface area contributed by atoms with Crippen molar-refractivity contribution in [2.75, 3.05) is 21.1 Å². The molecule has 0 saturated heterocycles. The quantitative estimate of drug-likeness (QED) is 0.541. The van der Waals surface area contributed by atoms with E-state index in [2.05, 4.69) is 0 Å². The molecular formula is C9H13NO3S. The number of nitrogens with zero attached hydrogens (tertiary/aromatic N) is 1. The van der Waals surface area contributed by atoms with E-state index in [1.807, 2.05) is 21.1 Å². The highest BCUT2D eigenvalue weighted by molar-refractivity contribution is 7.85. The maximum absolute atomic E-state index is 10.7. The van der Waals surface area contributed by atoms with Gasteiger partial charge in [-0.2, -0.15) is 0 Å². The Morgan fingerprint density at radius 1 is 1.21 bits per heavy atom. The predicted molar refractivity (Wildman–Crippen MR) is 54.0 cm³/mol. The first kappa shape index (κ1) is 11.2.